The van der Waals surface area contributed by atoms with E-state index in [1.807, 2.05) is 13.8 Å². The zero-order chi connectivity index (χ0) is 17.4. The average molecular weight is 341 g/mol. The van der Waals surface area contributed by atoms with Crippen LogP contribution in [0.2, 0.25) is 5.02 Å². The second-order valence-corrected chi connectivity index (χ2v) is 5.93. The molecule has 1 rings (SSSR count). The van der Waals surface area contributed by atoms with Crippen molar-refractivity contribution in [2.24, 2.45) is 5.92 Å². The molecule has 0 radical (unpaired) electrons. The quantitative estimate of drug-likeness (QED) is 0.631. The lowest BCUT2D eigenvalue weighted by atomic mass is 10.0. The molecule has 1 unspecified atom stereocenters. The van der Waals surface area contributed by atoms with Crippen molar-refractivity contribution in [2.75, 3.05) is 6.54 Å². The Balaban J connectivity index is 2.60. The number of amides is 2. The summed E-state index contributed by atoms with van der Waals surface area (Å²) in [6.07, 6.45) is 0.334. The van der Waals surface area contributed by atoms with E-state index in [-0.39, 0.29) is 30.7 Å². The fourth-order valence-electron chi connectivity index (χ4n) is 1.92. The first kappa shape index (κ1) is 19.0. The maximum absolute atomic E-state index is 12.2. The molecule has 0 aliphatic carbocycles. The minimum atomic E-state index is -0.907. The molecule has 23 heavy (non-hydrogen) atoms. The van der Waals surface area contributed by atoms with Gasteiger partial charge in [0.05, 0.1) is 0 Å². The van der Waals surface area contributed by atoms with Gasteiger partial charge in [-0.3, -0.25) is 14.4 Å². The Morgan fingerprint density at radius 2 is 1.78 bits per heavy atom. The molecule has 0 fully saturated rings. The molecular weight excluding hydrogens is 320 g/mol. The molecule has 0 saturated carbocycles. The van der Waals surface area contributed by atoms with Crippen molar-refractivity contribution in [3.63, 3.8) is 0 Å². The zero-order valence-corrected chi connectivity index (χ0v) is 13.9. The highest BCUT2D eigenvalue weighted by atomic mass is 35.5. The molecule has 0 aliphatic rings. The van der Waals surface area contributed by atoms with Crippen LogP contribution in [0.4, 0.5) is 0 Å². The van der Waals surface area contributed by atoms with Crippen molar-refractivity contribution in [3.05, 3.63) is 34.9 Å². The lowest BCUT2D eigenvalue weighted by Gasteiger charge is -2.21. The van der Waals surface area contributed by atoms with Crippen LogP contribution in [0.15, 0.2) is 24.3 Å². The van der Waals surface area contributed by atoms with Crippen LogP contribution in [-0.4, -0.2) is 35.5 Å². The van der Waals surface area contributed by atoms with Crippen molar-refractivity contribution in [1.29, 1.82) is 0 Å². The van der Waals surface area contributed by atoms with E-state index in [2.05, 4.69) is 10.6 Å². The molecule has 1 aromatic carbocycles. The second kappa shape index (κ2) is 9.15. The molecule has 0 aliphatic heterocycles. The smallest absolute Gasteiger partial charge is 0.303 e. The number of benzene rings is 1. The monoisotopic (exact) mass is 340 g/mol. The van der Waals surface area contributed by atoms with Crippen LogP contribution in [0.1, 0.15) is 37.0 Å². The van der Waals surface area contributed by atoms with Crippen molar-refractivity contribution >= 4 is 29.4 Å². The van der Waals surface area contributed by atoms with Crippen LogP contribution in [-0.2, 0) is 9.59 Å². The van der Waals surface area contributed by atoms with Gasteiger partial charge in [-0.1, -0.05) is 25.4 Å². The highest BCUT2D eigenvalue weighted by molar-refractivity contribution is 6.30. The summed E-state index contributed by atoms with van der Waals surface area (Å²) < 4.78 is 0. The summed E-state index contributed by atoms with van der Waals surface area (Å²) in [4.78, 5) is 34.8. The Morgan fingerprint density at radius 1 is 1.17 bits per heavy atom. The number of carbonyl (C=O) groups excluding carboxylic acids is 2. The summed E-state index contributed by atoms with van der Waals surface area (Å²) in [7, 11) is 0. The molecule has 0 bridgehead atoms. The van der Waals surface area contributed by atoms with Gasteiger partial charge in [0.25, 0.3) is 5.91 Å². The van der Waals surface area contributed by atoms with E-state index in [9.17, 15) is 14.4 Å². The number of hydrogen-bond donors (Lipinski definition) is 3. The third kappa shape index (κ3) is 6.69. The van der Waals surface area contributed by atoms with E-state index in [0.29, 0.717) is 17.0 Å². The van der Waals surface area contributed by atoms with Crippen molar-refractivity contribution in [2.45, 2.75) is 32.7 Å². The molecule has 1 atom stereocenters. The lowest BCUT2D eigenvalue weighted by Crippen LogP contribution is -2.49. The Hall–Kier alpha value is -2.08. The van der Waals surface area contributed by atoms with Crippen molar-refractivity contribution in [1.82, 2.24) is 10.6 Å². The fourth-order valence-corrected chi connectivity index (χ4v) is 2.05. The van der Waals surface area contributed by atoms with Gasteiger partial charge in [0, 0.05) is 23.6 Å². The van der Waals surface area contributed by atoms with Crippen molar-refractivity contribution in [3.8, 4) is 0 Å². The van der Waals surface area contributed by atoms with Gasteiger partial charge in [-0.15, -0.1) is 0 Å². The summed E-state index contributed by atoms with van der Waals surface area (Å²) >= 11 is 5.78. The minimum absolute atomic E-state index is 0.0102. The van der Waals surface area contributed by atoms with Crippen LogP contribution in [0.3, 0.4) is 0 Å². The number of rotatable bonds is 8. The molecule has 2 amide bonds. The van der Waals surface area contributed by atoms with Crippen LogP contribution in [0, 0.1) is 5.92 Å². The molecule has 0 heterocycles. The lowest BCUT2D eigenvalue weighted by molar-refractivity contribution is -0.137. The molecule has 6 nitrogen and oxygen atoms in total. The molecular formula is C16H21ClN2O4. The zero-order valence-electron chi connectivity index (χ0n) is 13.1. The summed E-state index contributed by atoms with van der Waals surface area (Å²) in [5, 5.41) is 14.4. The van der Waals surface area contributed by atoms with E-state index in [4.69, 9.17) is 16.7 Å². The van der Waals surface area contributed by atoms with E-state index < -0.39 is 12.0 Å². The maximum atomic E-state index is 12.2. The van der Waals surface area contributed by atoms with Gasteiger partial charge >= 0.3 is 5.97 Å². The Bertz CT molecular complexity index is 558. The first-order valence-electron chi connectivity index (χ1n) is 7.37. The highest BCUT2D eigenvalue weighted by Crippen LogP contribution is 2.10. The molecule has 7 heteroatoms. The summed E-state index contributed by atoms with van der Waals surface area (Å²) in [6.45, 7) is 3.90. The summed E-state index contributed by atoms with van der Waals surface area (Å²) in [5.74, 6) is -1.70. The molecule has 3 N–H and O–H groups in total. The van der Waals surface area contributed by atoms with Gasteiger partial charge in [-0.2, -0.15) is 0 Å². The third-order valence-corrected chi connectivity index (χ3v) is 3.46. The largest absolute Gasteiger partial charge is 0.481 e. The van der Waals surface area contributed by atoms with Gasteiger partial charge in [-0.05, 0) is 36.6 Å². The first-order valence-corrected chi connectivity index (χ1v) is 7.75. The molecule has 1 aromatic rings. The molecule has 126 valence electrons. The number of aliphatic carboxylic acids is 1. The standard InChI is InChI=1S/C16H21ClN2O4/c1-10(2)14(16(23)18-9-3-4-13(20)21)19-15(22)11-5-7-12(17)8-6-11/h5-8,10,14H,3-4,9H2,1-2H3,(H,18,23)(H,19,22)(H,20,21). The van der Waals surface area contributed by atoms with Gasteiger partial charge < -0.3 is 15.7 Å². The predicted molar refractivity (Wildman–Crippen MR) is 87.4 cm³/mol. The van der Waals surface area contributed by atoms with Crippen molar-refractivity contribution < 1.29 is 19.5 Å². The average Bonchev–Trinajstić information content (AvgIpc) is 2.48. The highest BCUT2D eigenvalue weighted by Gasteiger charge is 2.24. The fraction of sp³-hybridized carbons (Fsp3) is 0.438. The number of carbonyl (C=O) groups is 3. The van der Waals surface area contributed by atoms with E-state index in [1.54, 1.807) is 24.3 Å². The van der Waals surface area contributed by atoms with E-state index in [0.717, 1.165) is 0 Å². The summed E-state index contributed by atoms with van der Waals surface area (Å²) in [6, 6.07) is 5.68. The SMILES string of the molecule is CC(C)C(NC(=O)c1ccc(Cl)cc1)C(=O)NCCCC(=O)O. The maximum Gasteiger partial charge on any atom is 0.303 e. The number of nitrogens with one attached hydrogen (secondary N) is 2. The minimum Gasteiger partial charge on any atom is -0.481 e. The Morgan fingerprint density at radius 3 is 2.30 bits per heavy atom. The van der Waals surface area contributed by atoms with Crippen LogP contribution < -0.4 is 10.6 Å². The second-order valence-electron chi connectivity index (χ2n) is 5.49. The normalized spacial score (nSPS) is 11.8. The van der Waals surface area contributed by atoms with Gasteiger partial charge in [0.15, 0.2) is 0 Å². The van der Waals surface area contributed by atoms with Crippen LogP contribution in [0.5, 0.6) is 0 Å². The topological polar surface area (TPSA) is 95.5 Å². The van der Waals surface area contributed by atoms with E-state index in [1.165, 1.54) is 0 Å². The van der Waals surface area contributed by atoms with Gasteiger partial charge in [0.1, 0.15) is 6.04 Å². The van der Waals surface area contributed by atoms with E-state index >= 15 is 0 Å². The Labute approximate surface area is 140 Å². The Kier molecular flexibility index (Phi) is 7.54. The molecule has 0 aromatic heterocycles. The predicted octanol–water partition coefficient (Wildman–Crippen LogP) is 2.08. The number of carboxylic acids is 1. The molecule has 0 saturated heterocycles. The number of halogens is 1. The number of carboxylic acid groups (broad SMARTS) is 1. The van der Waals surface area contributed by atoms with Crippen LogP contribution >= 0.6 is 11.6 Å². The molecule has 0 spiro atoms. The van der Waals surface area contributed by atoms with Gasteiger partial charge in [-0.25, -0.2) is 0 Å². The van der Waals surface area contributed by atoms with Gasteiger partial charge in [0.2, 0.25) is 5.91 Å². The third-order valence-electron chi connectivity index (χ3n) is 3.21. The number of hydrogen-bond acceptors (Lipinski definition) is 3. The summed E-state index contributed by atoms with van der Waals surface area (Å²) in [5.41, 5.74) is 0.415. The van der Waals surface area contributed by atoms with Crippen LogP contribution in [0.25, 0.3) is 0 Å². The first-order chi connectivity index (χ1) is 10.8.